The van der Waals surface area contributed by atoms with Crippen molar-refractivity contribution >= 4 is 6.03 Å². The molecule has 1 saturated heterocycles. The Morgan fingerprint density at radius 2 is 1.94 bits per heavy atom. The van der Waals surface area contributed by atoms with E-state index in [1.54, 1.807) is 0 Å². The van der Waals surface area contributed by atoms with Crippen LogP contribution < -0.4 is 5.32 Å². The molecule has 0 saturated carbocycles. The Kier molecular flexibility index (Phi) is 2.59. The average molecular weight is 220 g/mol. The monoisotopic (exact) mass is 220 g/mol. The Morgan fingerprint density at radius 1 is 1.31 bits per heavy atom. The molecule has 4 nitrogen and oxygen atoms in total. The van der Waals surface area contributed by atoms with E-state index in [2.05, 4.69) is 5.32 Å². The first-order valence-electron chi connectivity index (χ1n) is 5.30. The highest BCUT2D eigenvalue weighted by Gasteiger charge is 2.43. The number of amides is 2. The quantitative estimate of drug-likeness (QED) is 0.739. The van der Waals surface area contributed by atoms with Crippen molar-refractivity contribution in [2.75, 3.05) is 0 Å². The number of rotatable bonds is 1. The number of urea groups is 1. The minimum atomic E-state index is -0.246. The van der Waals surface area contributed by atoms with Crippen molar-refractivity contribution in [2.24, 2.45) is 0 Å². The Balaban J connectivity index is 1.95. The van der Waals surface area contributed by atoms with Crippen molar-refractivity contribution in [3.8, 4) is 0 Å². The van der Waals surface area contributed by atoms with Crippen LogP contribution in [0.4, 0.5) is 4.79 Å². The van der Waals surface area contributed by atoms with Gasteiger partial charge in [-0.25, -0.2) is 9.63 Å². The summed E-state index contributed by atoms with van der Waals surface area (Å²) < 4.78 is 0. The number of carbonyl (C=O) groups excluding carboxylic acids is 1. The molecule has 1 aromatic carbocycles. The molecule has 1 heterocycles. The Labute approximate surface area is 95.2 Å². The number of hydroxylamine groups is 2. The third kappa shape index (κ3) is 2.52. The third-order valence-electron chi connectivity index (χ3n) is 2.15. The van der Waals surface area contributed by atoms with E-state index in [1.165, 1.54) is 5.06 Å². The van der Waals surface area contributed by atoms with Crippen molar-refractivity contribution < 1.29 is 9.63 Å². The molecule has 1 aliphatic rings. The molecule has 1 N–H and O–H groups in total. The molecule has 1 atom stereocenters. The lowest BCUT2D eigenvalue weighted by Crippen LogP contribution is -2.43. The lowest BCUT2D eigenvalue weighted by Gasteiger charge is -2.19. The van der Waals surface area contributed by atoms with Gasteiger partial charge in [0.1, 0.15) is 0 Å². The zero-order chi connectivity index (χ0) is 11.8. The molecule has 0 radical (unpaired) electrons. The lowest BCUT2D eigenvalue weighted by atomic mass is 10.1. The van der Waals surface area contributed by atoms with Gasteiger partial charge in [-0.2, -0.15) is 5.06 Å². The Hall–Kier alpha value is -1.55. The molecule has 2 rings (SSSR count). The molecule has 0 bridgehead atoms. The summed E-state index contributed by atoms with van der Waals surface area (Å²) in [6.45, 7) is 5.81. The summed E-state index contributed by atoms with van der Waals surface area (Å²) >= 11 is 0. The fourth-order valence-electron chi connectivity index (χ4n) is 1.42. The maximum atomic E-state index is 11.7. The fourth-order valence-corrected chi connectivity index (χ4v) is 1.42. The minimum Gasteiger partial charge on any atom is -0.332 e. The first-order chi connectivity index (χ1) is 7.47. The minimum absolute atomic E-state index is 0.193. The van der Waals surface area contributed by atoms with Gasteiger partial charge in [0.2, 0.25) is 6.23 Å². The van der Waals surface area contributed by atoms with Gasteiger partial charge in [0.25, 0.3) is 0 Å². The van der Waals surface area contributed by atoms with Crippen LogP contribution in [0.2, 0.25) is 0 Å². The van der Waals surface area contributed by atoms with Gasteiger partial charge in [-0.05, 0) is 20.8 Å². The van der Waals surface area contributed by atoms with E-state index in [4.69, 9.17) is 4.84 Å². The highest BCUT2D eigenvalue weighted by molar-refractivity contribution is 5.75. The smallest absolute Gasteiger partial charge is 0.332 e. The number of carbonyl (C=O) groups is 1. The van der Waals surface area contributed by atoms with Crippen LogP contribution in [0.15, 0.2) is 30.3 Å². The van der Waals surface area contributed by atoms with Crippen molar-refractivity contribution in [3.63, 3.8) is 0 Å². The van der Waals surface area contributed by atoms with Crippen molar-refractivity contribution in [1.82, 2.24) is 10.4 Å². The van der Waals surface area contributed by atoms with Crippen LogP contribution in [0, 0.1) is 0 Å². The second kappa shape index (κ2) is 3.79. The van der Waals surface area contributed by atoms with Crippen molar-refractivity contribution in [3.05, 3.63) is 35.9 Å². The number of benzene rings is 1. The molecule has 1 fully saturated rings. The van der Waals surface area contributed by atoms with Gasteiger partial charge in [-0.3, -0.25) is 0 Å². The Bertz CT molecular complexity index is 384. The first-order valence-corrected chi connectivity index (χ1v) is 5.30. The van der Waals surface area contributed by atoms with Crippen LogP contribution in [0.3, 0.4) is 0 Å². The van der Waals surface area contributed by atoms with Gasteiger partial charge in [0.05, 0.1) is 0 Å². The van der Waals surface area contributed by atoms with E-state index in [9.17, 15) is 4.79 Å². The molecule has 1 unspecified atom stereocenters. The molecule has 4 heteroatoms. The number of hydrogen-bond donors (Lipinski definition) is 1. The van der Waals surface area contributed by atoms with E-state index >= 15 is 0 Å². The van der Waals surface area contributed by atoms with Gasteiger partial charge >= 0.3 is 6.03 Å². The number of hydrogen-bond acceptors (Lipinski definition) is 2. The van der Waals surface area contributed by atoms with Crippen LogP contribution in [-0.2, 0) is 4.84 Å². The molecule has 0 spiro atoms. The predicted molar refractivity (Wildman–Crippen MR) is 60.4 cm³/mol. The zero-order valence-corrected chi connectivity index (χ0v) is 9.73. The summed E-state index contributed by atoms with van der Waals surface area (Å²) in [6.07, 6.45) is -0.233. The van der Waals surface area contributed by atoms with Crippen molar-refractivity contribution in [1.29, 1.82) is 0 Å². The van der Waals surface area contributed by atoms with Crippen LogP contribution in [0.25, 0.3) is 0 Å². The molecular weight excluding hydrogens is 204 g/mol. The van der Waals surface area contributed by atoms with E-state index in [-0.39, 0.29) is 17.8 Å². The molecule has 16 heavy (non-hydrogen) atoms. The maximum Gasteiger partial charge on any atom is 0.344 e. The van der Waals surface area contributed by atoms with Crippen LogP contribution >= 0.6 is 0 Å². The molecule has 86 valence electrons. The molecule has 2 amide bonds. The second-order valence-corrected chi connectivity index (χ2v) is 4.87. The summed E-state index contributed by atoms with van der Waals surface area (Å²) in [4.78, 5) is 16.9. The number of nitrogens with one attached hydrogen (secondary N) is 1. The summed E-state index contributed by atoms with van der Waals surface area (Å²) in [6, 6.07) is 9.48. The second-order valence-electron chi connectivity index (χ2n) is 4.87. The average Bonchev–Trinajstić information content (AvgIpc) is 2.96. The SMILES string of the molecule is CC(C)(C)NC(=O)N1OC1c1ccccc1. The molecule has 1 aromatic rings. The summed E-state index contributed by atoms with van der Waals surface area (Å²) in [5.74, 6) is 0. The molecule has 0 aliphatic carbocycles. The highest BCUT2D eigenvalue weighted by Crippen LogP contribution is 2.36. The van der Waals surface area contributed by atoms with Crippen molar-refractivity contribution in [2.45, 2.75) is 32.5 Å². The van der Waals surface area contributed by atoms with Crippen LogP contribution in [0.1, 0.15) is 32.6 Å². The molecular formula is C12H16N2O2. The fraction of sp³-hybridized carbons (Fsp3) is 0.417. The van der Waals surface area contributed by atoms with Gasteiger partial charge in [0.15, 0.2) is 0 Å². The Morgan fingerprint density at radius 3 is 2.50 bits per heavy atom. The van der Waals surface area contributed by atoms with Gasteiger partial charge in [-0.1, -0.05) is 30.3 Å². The van der Waals surface area contributed by atoms with E-state index in [0.717, 1.165) is 5.56 Å². The van der Waals surface area contributed by atoms with E-state index in [0.29, 0.717) is 0 Å². The first kappa shape index (κ1) is 11.0. The van der Waals surface area contributed by atoms with E-state index in [1.807, 2.05) is 51.1 Å². The van der Waals surface area contributed by atoms with Crippen LogP contribution in [-0.4, -0.2) is 16.6 Å². The van der Waals surface area contributed by atoms with Gasteiger partial charge in [-0.15, -0.1) is 0 Å². The summed E-state index contributed by atoms with van der Waals surface area (Å²) in [5.41, 5.74) is 0.746. The zero-order valence-electron chi connectivity index (χ0n) is 9.73. The third-order valence-corrected chi connectivity index (χ3v) is 2.15. The molecule has 1 aliphatic heterocycles. The van der Waals surface area contributed by atoms with E-state index < -0.39 is 0 Å². The largest absolute Gasteiger partial charge is 0.344 e. The van der Waals surface area contributed by atoms with Gasteiger partial charge < -0.3 is 5.32 Å². The predicted octanol–water partition coefficient (Wildman–Crippen LogP) is 2.44. The normalized spacial score (nSPS) is 19.4. The molecule has 0 aromatic heterocycles. The summed E-state index contributed by atoms with van der Waals surface area (Å²) in [5, 5.41) is 4.19. The topological polar surface area (TPSA) is 44.6 Å². The lowest BCUT2D eigenvalue weighted by molar-refractivity contribution is 0.169. The number of nitrogens with zero attached hydrogens (tertiary/aromatic N) is 1. The summed E-state index contributed by atoms with van der Waals surface area (Å²) in [7, 11) is 0. The maximum absolute atomic E-state index is 11.7. The standard InChI is InChI=1S/C12H16N2O2/c1-12(2,3)13-11(15)14-10(16-14)9-7-5-4-6-8-9/h4-8,10H,1-3H3,(H,13,15). The van der Waals surface area contributed by atoms with Crippen LogP contribution in [0.5, 0.6) is 0 Å². The van der Waals surface area contributed by atoms with Gasteiger partial charge in [0, 0.05) is 11.1 Å². The highest BCUT2D eigenvalue weighted by atomic mass is 16.8.